The number of nitrogens with one attached hydrogen (secondary N) is 2. The first-order valence-corrected chi connectivity index (χ1v) is 5.84. The predicted octanol–water partition coefficient (Wildman–Crippen LogP) is 2.71. The standard InChI is InChI=1S/C14H12N4O/c19-11-7-5-10(6-8-11)9-15-18-14-16-12-3-1-2-4-13(12)17-14/h1-9,19H,(H2,16,17,18)/b15-9+. The lowest BCUT2D eigenvalue weighted by Crippen LogP contribution is -1.91. The fourth-order valence-electron chi connectivity index (χ4n) is 1.73. The molecule has 1 heterocycles. The smallest absolute Gasteiger partial charge is 0.222 e. The third kappa shape index (κ3) is 2.55. The van der Waals surface area contributed by atoms with Crippen LogP contribution in [0.5, 0.6) is 5.75 Å². The zero-order chi connectivity index (χ0) is 13.1. The molecule has 19 heavy (non-hydrogen) atoms. The van der Waals surface area contributed by atoms with Crippen molar-refractivity contribution in [2.24, 2.45) is 5.10 Å². The molecule has 0 amide bonds. The number of fused-ring (bicyclic) bond motifs is 1. The number of hydrogen-bond donors (Lipinski definition) is 3. The second-order valence-corrected chi connectivity index (χ2v) is 4.06. The lowest BCUT2D eigenvalue weighted by molar-refractivity contribution is 0.475. The second-order valence-electron chi connectivity index (χ2n) is 4.06. The first-order chi connectivity index (χ1) is 9.31. The number of phenols is 1. The maximum atomic E-state index is 9.17. The van der Waals surface area contributed by atoms with E-state index in [1.807, 2.05) is 24.3 Å². The molecule has 3 N–H and O–H groups in total. The van der Waals surface area contributed by atoms with Crippen LogP contribution in [0, 0.1) is 0 Å². The second kappa shape index (κ2) is 4.81. The molecule has 1 aromatic heterocycles. The van der Waals surface area contributed by atoms with Crippen LogP contribution in [0.15, 0.2) is 53.6 Å². The first kappa shape index (κ1) is 11.3. The summed E-state index contributed by atoms with van der Waals surface area (Å²) in [6.45, 7) is 0. The lowest BCUT2D eigenvalue weighted by atomic mass is 10.2. The van der Waals surface area contributed by atoms with Gasteiger partial charge in [-0.2, -0.15) is 5.10 Å². The largest absolute Gasteiger partial charge is 0.508 e. The van der Waals surface area contributed by atoms with Crippen molar-refractivity contribution in [1.82, 2.24) is 9.97 Å². The predicted molar refractivity (Wildman–Crippen MR) is 75.4 cm³/mol. The Balaban J connectivity index is 1.73. The van der Waals surface area contributed by atoms with E-state index in [4.69, 9.17) is 5.11 Å². The van der Waals surface area contributed by atoms with Gasteiger partial charge in [-0.3, -0.25) is 0 Å². The molecule has 0 aliphatic carbocycles. The highest BCUT2D eigenvalue weighted by atomic mass is 16.3. The van der Waals surface area contributed by atoms with Crippen LogP contribution in [-0.2, 0) is 0 Å². The summed E-state index contributed by atoms with van der Waals surface area (Å²) in [4.78, 5) is 7.45. The van der Waals surface area contributed by atoms with Crippen molar-refractivity contribution in [3.63, 3.8) is 0 Å². The summed E-state index contributed by atoms with van der Waals surface area (Å²) in [5, 5.41) is 13.3. The minimum atomic E-state index is 0.238. The van der Waals surface area contributed by atoms with Crippen molar-refractivity contribution in [1.29, 1.82) is 0 Å². The van der Waals surface area contributed by atoms with Crippen LogP contribution < -0.4 is 5.43 Å². The fourth-order valence-corrected chi connectivity index (χ4v) is 1.73. The summed E-state index contributed by atoms with van der Waals surface area (Å²) < 4.78 is 0. The number of nitrogens with zero attached hydrogens (tertiary/aromatic N) is 2. The van der Waals surface area contributed by atoms with Crippen molar-refractivity contribution < 1.29 is 5.11 Å². The number of aromatic amines is 1. The summed E-state index contributed by atoms with van der Waals surface area (Å²) >= 11 is 0. The van der Waals surface area contributed by atoms with E-state index in [9.17, 15) is 0 Å². The minimum absolute atomic E-state index is 0.238. The molecule has 3 rings (SSSR count). The van der Waals surface area contributed by atoms with Crippen LogP contribution in [0.4, 0.5) is 5.95 Å². The van der Waals surface area contributed by atoms with Crippen molar-refractivity contribution in [2.75, 3.05) is 5.43 Å². The van der Waals surface area contributed by atoms with Crippen molar-refractivity contribution in [2.45, 2.75) is 0 Å². The molecule has 0 atom stereocenters. The molecule has 5 heteroatoms. The average Bonchev–Trinajstić information content (AvgIpc) is 2.83. The normalized spacial score (nSPS) is 11.2. The molecule has 3 aromatic rings. The number of imidazole rings is 1. The van der Waals surface area contributed by atoms with E-state index in [1.165, 1.54) is 0 Å². The maximum Gasteiger partial charge on any atom is 0.222 e. The van der Waals surface area contributed by atoms with Gasteiger partial charge in [-0.25, -0.2) is 10.4 Å². The van der Waals surface area contributed by atoms with Gasteiger partial charge < -0.3 is 10.1 Å². The molecule has 2 aromatic carbocycles. The first-order valence-electron chi connectivity index (χ1n) is 5.84. The van der Waals surface area contributed by atoms with Gasteiger partial charge in [-0.15, -0.1) is 0 Å². The van der Waals surface area contributed by atoms with Gasteiger partial charge in [0.05, 0.1) is 17.2 Å². The van der Waals surface area contributed by atoms with Crippen molar-refractivity contribution >= 4 is 23.2 Å². The zero-order valence-electron chi connectivity index (χ0n) is 10.0. The molecule has 0 radical (unpaired) electrons. The number of rotatable bonds is 3. The quantitative estimate of drug-likeness (QED) is 0.495. The molecule has 0 saturated carbocycles. The zero-order valence-corrected chi connectivity index (χ0v) is 10.0. The fraction of sp³-hybridized carbons (Fsp3) is 0. The molecule has 0 aliphatic rings. The molecule has 0 bridgehead atoms. The molecule has 5 nitrogen and oxygen atoms in total. The van der Waals surface area contributed by atoms with E-state index in [0.717, 1.165) is 16.6 Å². The van der Waals surface area contributed by atoms with E-state index < -0.39 is 0 Å². The van der Waals surface area contributed by atoms with E-state index in [0.29, 0.717) is 5.95 Å². The third-order valence-corrected chi connectivity index (χ3v) is 2.67. The van der Waals surface area contributed by atoms with E-state index >= 15 is 0 Å². The highest BCUT2D eigenvalue weighted by Crippen LogP contribution is 2.13. The Hall–Kier alpha value is -2.82. The Morgan fingerprint density at radius 3 is 2.68 bits per heavy atom. The molecule has 0 unspecified atom stereocenters. The van der Waals surface area contributed by atoms with Crippen molar-refractivity contribution in [3.8, 4) is 5.75 Å². The number of phenolic OH excluding ortho intramolecular Hbond substituents is 1. The number of benzene rings is 2. The highest BCUT2D eigenvalue weighted by Gasteiger charge is 1.99. The monoisotopic (exact) mass is 252 g/mol. The Morgan fingerprint density at radius 2 is 1.89 bits per heavy atom. The molecular formula is C14H12N4O. The topological polar surface area (TPSA) is 73.3 Å². The molecule has 0 aliphatic heterocycles. The van der Waals surface area contributed by atoms with Gasteiger partial charge in [0, 0.05) is 0 Å². The number of aromatic nitrogens is 2. The number of hydrazone groups is 1. The SMILES string of the molecule is Oc1ccc(/C=N/Nc2nc3ccccc3[nH]2)cc1. The van der Waals surface area contributed by atoms with Gasteiger partial charge in [-0.05, 0) is 42.0 Å². The van der Waals surface area contributed by atoms with Gasteiger partial charge in [0.25, 0.3) is 0 Å². The van der Waals surface area contributed by atoms with E-state index in [-0.39, 0.29) is 5.75 Å². The Morgan fingerprint density at radius 1 is 1.11 bits per heavy atom. The summed E-state index contributed by atoms with van der Waals surface area (Å²) in [6, 6.07) is 14.6. The molecule has 0 spiro atoms. The van der Waals surface area contributed by atoms with Gasteiger partial charge in [0.1, 0.15) is 5.75 Å². The van der Waals surface area contributed by atoms with Gasteiger partial charge in [0.2, 0.25) is 5.95 Å². The summed E-state index contributed by atoms with van der Waals surface area (Å²) in [5.41, 5.74) is 5.58. The summed E-state index contributed by atoms with van der Waals surface area (Å²) in [7, 11) is 0. The third-order valence-electron chi connectivity index (χ3n) is 2.67. The Labute approximate surface area is 109 Å². The number of aromatic hydroxyl groups is 1. The highest BCUT2D eigenvalue weighted by molar-refractivity contribution is 5.81. The van der Waals surface area contributed by atoms with Crippen molar-refractivity contribution in [3.05, 3.63) is 54.1 Å². The number of H-pyrrole nitrogens is 1. The van der Waals surface area contributed by atoms with Crippen LogP contribution in [0.3, 0.4) is 0 Å². The summed E-state index contributed by atoms with van der Waals surface area (Å²) in [5.74, 6) is 0.832. The number of anilines is 1. The lowest BCUT2D eigenvalue weighted by Gasteiger charge is -1.95. The molecule has 0 saturated heterocycles. The van der Waals surface area contributed by atoms with Gasteiger partial charge in [-0.1, -0.05) is 12.1 Å². The molecule has 0 fully saturated rings. The van der Waals surface area contributed by atoms with Gasteiger partial charge >= 0.3 is 0 Å². The van der Waals surface area contributed by atoms with Crippen LogP contribution in [-0.4, -0.2) is 21.3 Å². The van der Waals surface area contributed by atoms with Crippen LogP contribution in [0.25, 0.3) is 11.0 Å². The maximum absolute atomic E-state index is 9.17. The van der Waals surface area contributed by atoms with Crippen LogP contribution >= 0.6 is 0 Å². The van der Waals surface area contributed by atoms with Gasteiger partial charge in [0.15, 0.2) is 0 Å². The Kier molecular flexibility index (Phi) is 2.86. The van der Waals surface area contributed by atoms with Crippen LogP contribution in [0.2, 0.25) is 0 Å². The molecule has 94 valence electrons. The number of para-hydroxylation sites is 2. The average molecular weight is 252 g/mol. The van der Waals surface area contributed by atoms with E-state index in [2.05, 4.69) is 20.5 Å². The summed E-state index contributed by atoms with van der Waals surface area (Å²) in [6.07, 6.45) is 1.66. The van der Waals surface area contributed by atoms with E-state index in [1.54, 1.807) is 30.5 Å². The minimum Gasteiger partial charge on any atom is -0.508 e. The Bertz CT molecular complexity index is 683. The number of hydrogen-bond acceptors (Lipinski definition) is 4. The molecular weight excluding hydrogens is 240 g/mol. The van der Waals surface area contributed by atoms with Crippen LogP contribution in [0.1, 0.15) is 5.56 Å².